The molecule has 0 radical (unpaired) electrons. The third-order valence-electron chi connectivity index (χ3n) is 2.49. The zero-order chi connectivity index (χ0) is 14.2. The fourth-order valence-electron chi connectivity index (χ4n) is 1.59. The first-order chi connectivity index (χ1) is 8.50. The van der Waals surface area contributed by atoms with Crippen molar-refractivity contribution in [2.45, 2.75) is 78.1 Å². The number of hydrogen-bond donors (Lipinski definition) is 2. The number of carboxylic acid groups (broad SMARTS) is 2. The van der Waals surface area contributed by atoms with Gasteiger partial charge in [0.05, 0.1) is 0 Å². The highest BCUT2D eigenvalue weighted by atomic mass is 16.4. The van der Waals surface area contributed by atoms with Gasteiger partial charge in [-0.25, -0.2) is 0 Å². The third-order valence-corrected chi connectivity index (χ3v) is 2.49. The maximum absolute atomic E-state index is 10.2. The molecule has 0 aliphatic carbocycles. The lowest BCUT2D eigenvalue weighted by atomic mass is 10.1. The van der Waals surface area contributed by atoms with Crippen LogP contribution in [0, 0.1) is 0 Å². The molecule has 0 atom stereocenters. The Morgan fingerprint density at radius 3 is 1.53 bits per heavy atom. The molecule has 0 aromatic heterocycles. The molecule has 116 valence electrons. The van der Waals surface area contributed by atoms with E-state index < -0.39 is 11.9 Å². The molecule has 0 aliphatic rings. The van der Waals surface area contributed by atoms with Gasteiger partial charge in [0, 0.05) is 12.4 Å². The van der Waals surface area contributed by atoms with E-state index in [9.17, 15) is 4.79 Å². The van der Waals surface area contributed by atoms with Crippen LogP contribution in [0.5, 0.6) is 0 Å². The van der Waals surface area contributed by atoms with Crippen LogP contribution in [0.3, 0.4) is 0 Å². The quantitative estimate of drug-likeness (QED) is 0.597. The van der Waals surface area contributed by atoms with Gasteiger partial charge in [-0.1, -0.05) is 58.3 Å². The lowest BCUT2D eigenvalue weighted by molar-refractivity contribution is -0.302. The van der Waals surface area contributed by atoms with Crippen LogP contribution < -0.4 is 11.3 Å². The molecule has 0 fully saturated rings. The maximum atomic E-state index is 10.2. The van der Waals surface area contributed by atoms with Crippen molar-refractivity contribution in [1.29, 1.82) is 0 Å². The second-order valence-electron chi connectivity index (χ2n) is 4.46. The van der Waals surface area contributed by atoms with Crippen molar-refractivity contribution in [3.63, 3.8) is 0 Å². The van der Waals surface area contributed by atoms with Gasteiger partial charge in [0.2, 0.25) is 0 Å². The molecule has 0 heterocycles. The molecular formula is C14H31NO4. The Balaban J connectivity index is -0.000000448. The van der Waals surface area contributed by atoms with E-state index in [1.54, 1.807) is 0 Å². The summed E-state index contributed by atoms with van der Waals surface area (Å²) in [5.41, 5.74) is 0. The fourth-order valence-corrected chi connectivity index (χ4v) is 1.59. The zero-order valence-electron chi connectivity index (χ0n) is 12.7. The molecule has 5 nitrogen and oxygen atoms in total. The molecule has 0 spiro atoms. The Morgan fingerprint density at radius 2 is 1.21 bits per heavy atom. The summed E-state index contributed by atoms with van der Waals surface area (Å²) in [7, 11) is 0. The van der Waals surface area contributed by atoms with Gasteiger partial charge >= 0.3 is 5.97 Å². The van der Waals surface area contributed by atoms with Crippen LogP contribution >= 0.6 is 0 Å². The van der Waals surface area contributed by atoms with Crippen molar-refractivity contribution in [1.82, 2.24) is 6.15 Å². The van der Waals surface area contributed by atoms with Gasteiger partial charge in [-0.2, -0.15) is 0 Å². The predicted octanol–water partition coefficient (Wildman–Crippen LogP) is 3.12. The Bertz CT molecular complexity index is 204. The number of carbonyl (C=O) groups is 2. The van der Waals surface area contributed by atoms with E-state index in [0.717, 1.165) is 19.8 Å². The van der Waals surface area contributed by atoms with Gasteiger partial charge in [-0.3, -0.25) is 4.79 Å². The summed E-state index contributed by atoms with van der Waals surface area (Å²) < 4.78 is 0. The monoisotopic (exact) mass is 277 g/mol. The normalized spacial score (nSPS) is 8.95. The minimum Gasteiger partial charge on any atom is -0.550 e. The number of rotatable bonds is 10. The highest BCUT2D eigenvalue weighted by Crippen LogP contribution is 2.10. The van der Waals surface area contributed by atoms with E-state index in [1.165, 1.54) is 44.9 Å². The minimum absolute atomic E-state index is 0. The lowest BCUT2D eigenvalue weighted by Crippen LogP contribution is -2.16. The molecule has 0 saturated heterocycles. The average molecular weight is 277 g/mol. The molecule has 0 aromatic rings. The fraction of sp³-hybridized carbons (Fsp3) is 0.857. The minimum atomic E-state index is -1.08. The van der Waals surface area contributed by atoms with E-state index in [-0.39, 0.29) is 6.15 Å². The molecule has 0 amide bonds. The lowest BCUT2D eigenvalue weighted by Gasteiger charge is -2.00. The second kappa shape index (κ2) is 19.2. The number of quaternary nitrogens is 1. The molecule has 0 bridgehead atoms. The van der Waals surface area contributed by atoms with Crippen LogP contribution in [0.4, 0.5) is 0 Å². The SMILES string of the molecule is CC(=O)[O-].CCCCCCCCCCCC(=O)O.[NH4+]. The third kappa shape index (κ3) is 38.3. The zero-order valence-corrected chi connectivity index (χ0v) is 12.7. The summed E-state index contributed by atoms with van der Waals surface area (Å²) in [6.45, 7) is 3.20. The summed E-state index contributed by atoms with van der Waals surface area (Å²) in [4.78, 5) is 19.1. The first-order valence-corrected chi connectivity index (χ1v) is 6.90. The van der Waals surface area contributed by atoms with Crippen molar-refractivity contribution < 1.29 is 19.8 Å². The predicted molar refractivity (Wildman–Crippen MR) is 76.1 cm³/mol. The summed E-state index contributed by atoms with van der Waals surface area (Å²) >= 11 is 0. The molecule has 5 N–H and O–H groups in total. The molecule has 5 heteroatoms. The Labute approximate surface area is 117 Å². The maximum Gasteiger partial charge on any atom is 0.303 e. The Hall–Kier alpha value is -1.10. The highest BCUT2D eigenvalue weighted by molar-refractivity contribution is 5.66. The summed E-state index contributed by atoms with van der Waals surface area (Å²) in [5, 5.41) is 17.3. The summed E-state index contributed by atoms with van der Waals surface area (Å²) in [5.74, 6) is -1.74. The van der Waals surface area contributed by atoms with Gasteiger partial charge in [0.15, 0.2) is 0 Å². The van der Waals surface area contributed by atoms with Crippen LogP contribution in [0.1, 0.15) is 78.1 Å². The summed E-state index contributed by atoms with van der Waals surface area (Å²) in [6, 6.07) is 0. The second-order valence-corrected chi connectivity index (χ2v) is 4.46. The van der Waals surface area contributed by atoms with Crippen molar-refractivity contribution >= 4 is 11.9 Å². The van der Waals surface area contributed by atoms with E-state index in [1.807, 2.05) is 0 Å². The summed E-state index contributed by atoms with van der Waals surface area (Å²) in [6.07, 6.45) is 11.5. The van der Waals surface area contributed by atoms with Gasteiger partial charge < -0.3 is 21.2 Å². The van der Waals surface area contributed by atoms with Crippen LogP contribution in [-0.4, -0.2) is 17.0 Å². The molecule has 19 heavy (non-hydrogen) atoms. The van der Waals surface area contributed by atoms with E-state index in [4.69, 9.17) is 15.0 Å². The number of hydrogen-bond acceptors (Lipinski definition) is 3. The molecule has 0 unspecified atom stereocenters. The largest absolute Gasteiger partial charge is 0.550 e. The highest BCUT2D eigenvalue weighted by Gasteiger charge is 1.96. The standard InChI is InChI=1S/C12H24O2.C2H4O2.H3N/c1-2-3-4-5-6-7-8-9-10-11-12(13)14;1-2(3)4;/h2-11H2,1H3,(H,13,14);1H3,(H,3,4);1H3. The molecular weight excluding hydrogens is 246 g/mol. The van der Waals surface area contributed by atoms with E-state index in [0.29, 0.717) is 6.42 Å². The van der Waals surface area contributed by atoms with E-state index >= 15 is 0 Å². The average Bonchev–Trinajstić information content (AvgIpc) is 2.26. The van der Waals surface area contributed by atoms with Crippen molar-refractivity contribution in [3.05, 3.63) is 0 Å². The van der Waals surface area contributed by atoms with Crippen molar-refractivity contribution in [2.75, 3.05) is 0 Å². The number of carbonyl (C=O) groups excluding carboxylic acids is 1. The van der Waals surface area contributed by atoms with E-state index in [2.05, 4.69) is 6.92 Å². The molecule has 0 aromatic carbocycles. The number of aliphatic carboxylic acids is 2. The van der Waals surface area contributed by atoms with Crippen LogP contribution in [0.25, 0.3) is 0 Å². The van der Waals surface area contributed by atoms with Gasteiger partial charge in [0.1, 0.15) is 0 Å². The molecule has 0 saturated carbocycles. The first kappa shape index (κ1) is 23.0. The van der Waals surface area contributed by atoms with Crippen LogP contribution in [0.2, 0.25) is 0 Å². The van der Waals surface area contributed by atoms with Crippen LogP contribution in [0.15, 0.2) is 0 Å². The van der Waals surface area contributed by atoms with Gasteiger partial charge in [0.25, 0.3) is 0 Å². The smallest absolute Gasteiger partial charge is 0.303 e. The Kier molecular flexibility index (Phi) is 23.3. The van der Waals surface area contributed by atoms with Gasteiger partial charge in [-0.05, 0) is 13.3 Å². The molecule has 0 aliphatic heterocycles. The molecule has 0 rings (SSSR count). The Morgan fingerprint density at radius 1 is 0.895 bits per heavy atom. The topological polar surface area (TPSA) is 114 Å². The number of unbranched alkanes of at least 4 members (excludes halogenated alkanes) is 8. The van der Waals surface area contributed by atoms with Crippen molar-refractivity contribution in [2.24, 2.45) is 0 Å². The first-order valence-electron chi connectivity index (χ1n) is 6.90. The van der Waals surface area contributed by atoms with Crippen LogP contribution in [-0.2, 0) is 9.59 Å². The number of carboxylic acids is 2. The van der Waals surface area contributed by atoms with Gasteiger partial charge in [-0.15, -0.1) is 0 Å². The van der Waals surface area contributed by atoms with Crippen molar-refractivity contribution in [3.8, 4) is 0 Å².